The van der Waals surface area contributed by atoms with Crippen molar-refractivity contribution in [1.29, 1.82) is 0 Å². The second-order valence-electron chi connectivity index (χ2n) is 7.78. The molecule has 1 aromatic heterocycles. The molecule has 1 N–H and O–H groups in total. The lowest BCUT2D eigenvalue weighted by molar-refractivity contribution is 0.0269. The SMILES string of the molecule is CCc1ccc(C(C)NC2C3CN(C(=O)OC(C)(C)C)CC32)s1. The summed E-state index contributed by atoms with van der Waals surface area (Å²) < 4.78 is 5.46. The van der Waals surface area contributed by atoms with Crippen LogP contribution in [0.25, 0.3) is 0 Å². The number of carbonyl (C=O) groups is 1. The summed E-state index contributed by atoms with van der Waals surface area (Å²) in [5, 5.41) is 3.75. The molecule has 23 heavy (non-hydrogen) atoms. The molecular formula is C18H28N2O2S. The number of thiophene rings is 1. The number of hydrogen-bond donors (Lipinski definition) is 1. The molecule has 2 heterocycles. The van der Waals surface area contributed by atoms with E-state index in [0.717, 1.165) is 19.5 Å². The lowest BCUT2D eigenvalue weighted by Crippen LogP contribution is -2.39. The Morgan fingerprint density at radius 3 is 2.57 bits per heavy atom. The molecule has 0 aromatic carbocycles. The van der Waals surface area contributed by atoms with Gasteiger partial charge in [0.05, 0.1) is 0 Å². The monoisotopic (exact) mass is 336 g/mol. The summed E-state index contributed by atoms with van der Waals surface area (Å²) in [6.07, 6.45) is 0.944. The maximum atomic E-state index is 12.1. The van der Waals surface area contributed by atoms with Gasteiger partial charge < -0.3 is 15.0 Å². The topological polar surface area (TPSA) is 41.6 Å². The summed E-state index contributed by atoms with van der Waals surface area (Å²) in [5.41, 5.74) is -0.411. The number of rotatable bonds is 4. The number of amides is 1. The van der Waals surface area contributed by atoms with Crippen LogP contribution in [-0.2, 0) is 11.2 Å². The molecule has 3 unspecified atom stereocenters. The van der Waals surface area contributed by atoms with Crippen molar-refractivity contribution >= 4 is 17.4 Å². The number of likely N-dealkylation sites (tertiary alicyclic amines) is 1. The third-order valence-electron chi connectivity index (χ3n) is 4.75. The number of hydrogen-bond acceptors (Lipinski definition) is 4. The van der Waals surface area contributed by atoms with Gasteiger partial charge in [-0.25, -0.2) is 4.79 Å². The number of nitrogens with zero attached hydrogens (tertiary/aromatic N) is 1. The van der Waals surface area contributed by atoms with E-state index >= 15 is 0 Å². The Labute approximate surface area is 143 Å². The molecule has 5 heteroatoms. The summed E-state index contributed by atoms with van der Waals surface area (Å²) in [7, 11) is 0. The minimum absolute atomic E-state index is 0.164. The molecular weight excluding hydrogens is 308 g/mol. The van der Waals surface area contributed by atoms with Crippen molar-refractivity contribution in [1.82, 2.24) is 10.2 Å². The molecule has 1 amide bonds. The Bertz CT molecular complexity index is 566. The summed E-state index contributed by atoms with van der Waals surface area (Å²) in [6.45, 7) is 11.8. The number of aryl methyl sites for hydroxylation is 1. The predicted molar refractivity (Wildman–Crippen MR) is 93.8 cm³/mol. The summed E-state index contributed by atoms with van der Waals surface area (Å²) in [6, 6.07) is 5.42. The normalized spacial score (nSPS) is 27.7. The average molecular weight is 337 g/mol. The Balaban J connectivity index is 1.47. The average Bonchev–Trinajstić information content (AvgIpc) is 2.91. The highest BCUT2D eigenvalue weighted by atomic mass is 32.1. The second-order valence-corrected chi connectivity index (χ2v) is 8.98. The highest BCUT2D eigenvalue weighted by molar-refractivity contribution is 7.12. The fraction of sp³-hybridized carbons (Fsp3) is 0.722. The van der Waals surface area contributed by atoms with E-state index < -0.39 is 5.60 Å². The molecule has 1 aliphatic heterocycles. The molecule has 1 saturated heterocycles. The first kappa shape index (κ1) is 16.8. The van der Waals surface area contributed by atoms with Crippen molar-refractivity contribution in [2.45, 2.75) is 58.7 Å². The van der Waals surface area contributed by atoms with Gasteiger partial charge in [-0.3, -0.25) is 0 Å². The summed E-state index contributed by atoms with van der Waals surface area (Å²) in [4.78, 5) is 16.8. The van der Waals surface area contributed by atoms with Gasteiger partial charge in [-0.05, 0) is 58.1 Å². The maximum absolute atomic E-state index is 12.1. The van der Waals surface area contributed by atoms with Crippen LogP contribution in [0.1, 0.15) is 50.4 Å². The third-order valence-corrected chi connectivity index (χ3v) is 6.16. The van der Waals surface area contributed by atoms with Crippen molar-refractivity contribution < 1.29 is 9.53 Å². The number of ether oxygens (including phenoxy) is 1. The van der Waals surface area contributed by atoms with Gasteiger partial charge in [-0.1, -0.05) is 6.92 Å². The molecule has 1 saturated carbocycles. The molecule has 1 aromatic rings. The van der Waals surface area contributed by atoms with Crippen LogP contribution in [0.4, 0.5) is 4.79 Å². The molecule has 1 aliphatic carbocycles. The van der Waals surface area contributed by atoms with Crippen molar-refractivity contribution in [3.63, 3.8) is 0 Å². The molecule has 3 atom stereocenters. The fourth-order valence-electron chi connectivity index (χ4n) is 3.44. The molecule has 0 spiro atoms. The molecule has 4 nitrogen and oxygen atoms in total. The third kappa shape index (κ3) is 3.72. The highest BCUT2D eigenvalue weighted by Gasteiger charge is 2.57. The zero-order valence-corrected chi connectivity index (χ0v) is 15.6. The van der Waals surface area contributed by atoms with Gasteiger partial charge >= 0.3 is 6.09 Å². The molecule has 2 aliphatic rings. The molecule has 0 radical (unpaired) electrons. The first-order chi connectivity index (χ1) is 10.8. The second kappa shape index (κ2) is 6.10. The van der Waals surface area contributed by atoms with Gasteiger partial charge in [0.25, 0.3) is 0 Å². The van der Waals surface area contributed by atoms with E-state index in [4.69, 9.17) is 4.74 Å². The number of piperidine rings is 1. The van der Waals surface area contributed by atoms with Crippen molar-refractivity contribution in [3.05, 3.63) is 21.9 Å². The zero-order chi connectivity index (χ0) is 16.8. The van der Waals surface area contributed by atoms with E-state index in [-0.39, 0.29) is 6.09 Å². The molecule has 3 rings (SSSR count). The van der Waals surface area contributed by atoms with Gasteiger partial charge in [0.1, 0.15) is 5.60 Å². The van der Waals surface area contributed by atoms with E-state index in [1.54, 1.807) is 0 Å². The Morgan fingerprint density at radius 1 is 1.39 bits per heavy atom. The van der Waals surface area contributed by atoms with Crippen LogP contribution in [0.3, 0.4) is 0 Å². The lowest BCUT2D eigenvalue weighted by Gasteiger charge is -2.26. The van der Waals surface area contributed by atoms with E-state index in [2.05, 4.69) is 31.3 Å². The zero-order valence-electron chi connectivity index (χ0n) is 14.8. The van der Waals surface area contributed by atoms with E-state index in [0.29, 0.717) is 23.9 Å². The van der Waals surface area contributed by atoms with Crippen LogP contribution in [0.15, 0.2) is 12.1 Å². The van der Waals surface area contributed by atoms with E-state index in [9.17, 15) is 4.79 Å². The Kier molecular flexibility index (Phi) is 4.45. The van der Waals surface area contributed by atoms with Gasteiger partial charge in [0.15, 0.2) is 0 Å². The first-order valence-electron chi connectivity index (χ1n) is 8.61. The molecule has 128 valence electrons. The van der Waals surface area contributed by atoms with Crippen LogP contribution < -0.4 is 5.32 Å². The number of carbonyl (C=O) groups excluding carboxylic acids is 1. The Hall–Kier alpha value is -1.07. The van der Waals surface area contributed by atoms with Crippen LogP contribution in [0.2, 0.25) is 0 Å². The number of nitrogens with one attached hydrogen (secondary N) is 1. The maximum Gasteiger partial charge on any atom is 0.410 e. The van der Waals surface area contributed by atoms with Crippen molar-refractivity contribution in [2.75, 3.05) is 13.1 Å². The van der Waals surface area contributed by atoms with Crippen LogP contribution in [-0.4, -0.2) is 35.7 Å². The largest absolute Gasteiger partial charge is 0.444 e. The smallest absolute Gasteiger partial charge is 0.410 e. The van der Waals surface area contributed by atoms with Gasteiger partial charge in [-0.15, -0.1) is 11.3 Å². The van der Waals surface area contributed by atoms with Crippen molar-refractivity contribution in [3.8, 4) is 0 Å². The number of fused-ring (bicyclic) bond motifs is 1. The minimum Gasteiger partial charge on any atom is -0.444 e. The van der Waals surface area contributed by atoms with Crippen LogP contribution in [0, 0.1) is 11.8 Å². The fourth-order valence-corrected chi connectivity index (χ4v) is 4.40. The van der Waals surface area contributed by atoms with E-state index in [1.807, 2.05) is 37.0 Å². The van der Waals surface area contributed by atoms with Gasteiger partial charge in [0, 0.05) is 34.9 Å². The van der Waals surface area contributed by atoms with Gasteiger partial charge in [-0.2, -0.15) is 0 Å². The van der Waals surface area contributed by atoms with E-state index in [1.165, 1.54) is 9.75 Å². The van der Waals surface area contributed by atoms with Crippen LogP contribution in [0.5, 0.6) is 0 Å². The predicted octanol–water partition coefficient (Wildman–Crippen LogP) is 3.83. The Morgan fingerprint density at radius 2 is 2.04 bits per heavy atom. The van der Waals surface area contributed by atoms with Crippen LogP contribution >= 0.6 is 11.3 Å². The quantitative estimate of drug-likeness (QED) is 0.908. The summed E-state index contributed by atoms with van der Waals surface area (Å²) in [5.74, 6) is 1.19. The highest BCUT2D eigenvalue weighted by Crippen LogP contribution is 2.47. The standard InChI is InChI=1S/C18H28N2O2S/c1-6-12-7-8-15(23-12)11(2)19-16-13-9-20(10-14(13)16)17(21)22-18(3,4)5/h7-8,11,13-14,16,19H,6,9-10H2,1-5H3. The van der Waals surface area contributed by atoms with Crippen molar-refractivity contribution in [2.24, 2.45) is 11.8 Å². The molecule has 0 bridgehead atoms. The first-order valence-corrected chi connectivity index (χ1v) is 9.42. The minimum atomic E-state index is -0.411. The lowest BCUT2D eigenvalue weighted by atomic mass is 10.2. The van der Waals surface area contributed by atoms with Gasteiger partial charge in [0.2, 0.25) is 0 Å². The summed E-state index contributed by atoms with van der Waals surface area (Å²) >= 11 is 1.90. The molecule has 2 fully saturated rings.